The van der Waals surface area contributed by atoms with Crippen LogP contribution in [-0.4, -0.2) is 22.4 Å². The highest BCUT2D eigenvalue weighted by Gasteiger charge is 2.12. The van der Waals surface area contributed by atoms with E-state index in [2.05, 4.69) is 39.2 Å². The minimum Gasteiger partial charge on any atom is -0.337 e. The van der Waals surface area contributed by atoms with Crippen LogP contribution in [0.2, 0.25) is 0 Å². The molecule has 0 unspecified atom stereocenters. The smallest absolute Gasteiger partial charge is 0.258 e. The predicted molar refractivity (Wildman–Crippen MR) is 109 cm³/mol. The van der Waals surface area contributed by atoms with Crippen molar-refractivity contribution >= 4 is 17.5 Å². The summed E-state index contributed by atoms with van der Waals surface area (Å²) in [5.41, 5.74) is 4.63. The molecule has 5 nitrogen and oxygen atoms in total. The number of aromatic nitrogens is 2. The Morgan fingerprint density at radius 2 is 1.74 bits per heavy atom. The molecule has 27 heavy (non-hydrogen) atoms. The molecule has 1 amide bonds. The third-order valence-corrected chi connectivity index (χ3v) is 4.41. The van der Waals surface area contributed by atoms with Gasteiger partial charge in [0.2, 0.25) is 5.95 Å². The van der Waals surface area contributed by atoms with E-state index in [1.807, 2.05) is 50.2 Å². The SMILES string of the molecule is CCN(Cc1ccccc1)c1ncc(C(=O)Nc2ccc(C)cc2C)cn1. The molecule has 0 fully saturated rings. The Morgan fingerprint density at radius 1 is 1.04 bits per heavy atom. The summed E-state index contributed by atoms with van der Waals surface area (Å²) in [4.78, 5) is 23.4. The Balaban J connectivity index is 1.70. The molecule has 0 aliphatic heterocycles. The lowest BCUT2D eigenvalue weighted by Gasteiger charge is -2.20. The molecule has 1 heterocycles. The van der Waals surface area contributed by atoms with Gasteiger partial charge in [0.25, 0.3) is 5.91 Å². The topological polar surface area (TPSA) is 58.1 Å². The van der Waals surface area contributed by atoms with E-state index in [-0.39, 0.29) is 5.91 Å². The monoisotopic (exact) mass is 360 g/mol. The lowest BCUT2D eigenvalue weighted by Crippen LogP contribution is -2.24. The molecule has 0 aliphatic rings. The normalized spacial score (nSPS) is 10.5. The first kappa shape index (κ1) is 18.6. The van der Waals surface area contributed by atoms with Crippen LogP contribution in [0.4, 0.5) is 11.6 Å². The summed E-state index contributed by atoms with van der Waals surface area (Å²) in [6.45, 7) is 7.58. The number of carbonyl (C=O) groups excluding carboxylic acids is 1. The molecule has 0 aliphatic carbocycles. The average molecular weight is 360 g/mol. The molecule has 3 aromatic rings. The molecule has 0 atom stereocenters. The fraction of sp³-hybridized carbons (Fsp3) is 0.227. The summed E-state index contributed by atoms with van der Waals surface area (Å²) >= 11 is 0. The Bertz CT molecular complexity index is 907. The molecule has 0 spiro atoms. The first-order chi connectivity index (χ1) is 13.1. The zero-order chi connectivity index (χ0) is 19.2. The predicted octanol–water partition coefficient (Wildman–Crippen LogP) is 4.37. The lowest BCUT2D eigenvalue weighted by molar-refractivity contribution is 0.102. The van der Waals surface area contributed by atoms with Crippen molar-refractivity contribution in [3.63, 3.8) is 0 Å². The minimum atomic E-state index is -0.209. The standard InChI is InChI=1S/C22H24N4O/c1-4-26(15-18-8-6-5-7-9-18)22-23-13-19(14-24-22)21(27)25-20-11-10-16(2)12-17(20)3/h5-14H,4,15H2,1-3H3,(H,25,27). The summed E-state index contributed by atoms with van der Waals surface area (Å²) in [6, 6.07) is 16.1. The van der Waals surface area contributed by atoms with Gasteiger partial charge in [-0.15, -0.1) is 0 Å². The molecular formula is C22H24N4O. The van der Waals surface area contributed by atoms with Crippen LogP contribution in [0.3, 0.4) is 0 Å². The zero-order valence-electron chi connectivity index (χ0n) is 15.9. The van der Waals surface area contributed by atoms with Gasteiger partial charge in [-0.2, -0.15) is 0 Å². The average Bonchev–Trinajstić information content (AvgIpc) is 2.69. The number of amides is 1. The molecular weight excluding hydrogens is 336 g/mol. The van der Waals surface area contributed by atoms with Crippen molar-refractivity contribution in [1.82, 2.24) is 9.97 Å². The van der Waals surface area contributed by atoms with Crippen LogP contribution in [0, 0.1) is 13.8 Å². The van der Waals surface area contributed by atoms with Gasteiger partial charge in [0, 0.05) is 31.2 Å². The van der Waals surface area contributed by atoms with Gasteiger partial charge in [-0.3, -0.25) is 4.79 Å². The van der Waals surface area contributed by atoms with E-state index in [9.17, 15) is 4.79 Å². The van der Waals surface area contributed by atoms with E-state index in [0.29, 0.717) is 11.5 Å². The Kier molecular flexibility index (Phi) is 5.81. The summed E-state index contributed by atoms with van der Waals surface area (Å²) in [6.07, 6.45) is 3.16. The maximum atomic E-state index is 12.5. The quantitative estimate of drug-likeness (QED) is 0.709. The van der Waals surface area contributed by atoms with Gasteiger partial charge in [0.1, 0.15) is 0 Å². The van der Waals surface area contributed by atoms with Crippen LogP contribution in [0.25, 0.3) is 0 Å². The molecule has 5 heteroatoms. The van der Waals surface area contributed by atoms with Gasteiger partial charge in [0.05, 0.1) is 5.56 Å². The van der Waals surface area contributed by atoms with Gasteiger partial charge < -0.3 is 10.2 Å². The number of rotatable bonds is 6. The van der Waals surface area contributed by atoms with Crippen LogP contribution < -0.4 is 10.2 Å². The van der Waals surface area contributed by atoms with E-state index in [1.165, 1.54) is 5.56 Å². The molecule has 3 rings (SSSR count). The largest absolute Gasteiger partial charge is 0.337 e. The molecule has 2 aromatic carbocycles. The summed E-state index contributed by atoms with van der Waals surface area (Å²) in [7, 11) is 0. The first-order valence-corrected chi connectivity index (χ1v) is 9.06. The number of benzene rings is 2. The van der Waals surface area contributed by atoms with E-state index in [4.69, 9.17) is 0 Å². The second-order valence-corrected chi connectivity index (χ2v) is 6.54. The third kappa shape index (κ3) is 4.70. The van der Waals surface area contributed by atoms with Gasteiger partial charge in [-0.25, -0.2) is 9.97 Å². The summed E-state index contributed by atoms with van der Waals surface area (Å²) in [5.74, 6) is 0.407. The highest BCUT2D eigenvalue weighted by atomic mass is 16.1. The summed E-state index contributed by atoms with van der Waals surface area (Å²) in [5, 5.41) is 2.92. The van der Waals surface area contributed by atoms with Crippen LogP contribution in [0.1, 0.15) is 34.0 Å². The Hall–Kier alpha value is -3.21. The Morgan fingerprint density at radius 3 is 2.37 bits per heavy atom. The zero-order valence-corrected chi connectivity index (χ0v) is 15.9. The van der Waals surface area contributed by atoms with Crippen molar-refractivity contribution < 1.29 is 4.79 Å². The molecule has 0 saturated heterocycles. The van der Waals surface area contributed by atoms with E-state index in [1.54, 1.807) is 12.4 Å². The Labute approximate surface area is 160 Å². The van der Waals surface area contributed by atoms with Crippen LogP contribution in [0.5, 0.6) is 0 Å². The van der Waals surface area contributed by atoms with Gasteiger partial charge >= 0.3 is 0 Å². The molecule has 0 saturated carbocycles. The first-order valence-electron chi connectivity index (χ1n) is 9.06. The molecule has 1 aromatic heterocycles. The van der Waals surface area contributed by atoms with Crippen molar-refractivity contribution in [2.45, 2.75) is 27.3 Å². The van der Waals surface area contributed by atoms with Crippen LogP contribution in [0.15, 0.2) is 60.9 Å². The molecule has 1 N–H and O–H groups in total. The van der Waals surface area contributed by atoms with Gasteiger partial charge in [-0.1, -0.05) is 48.0 Å². The molecule has 0 radical (unpaired) electrons. The number of hydrogen-bond acceptors (Lipinski definition) is 4. The minimum absolute atomic E-state index is 0.209. The lowest BCUT2D eigenvalue weighted by atomic mass is 10.1. The van der Waals surface area contributed by atoms with Crippen LogP contribution >= 0.6 is 0 Å². The van der Waals surface area contributed by atoms with Crippen molar-refractivity contribution in [3.8, 4) is 0 Å². The summed E-state index contributed by atoms with van der Waals surface area (Å²) < 4.78 is 0. The van der Waals surface area contributed by atoms with E-state index in [0.717, 1.165) is 29.9 Å². The van der Waals surface area contributed by atoms with Crippen molar-refractivity contribution in [2.75, 3.05) is 16.8 Å². The van der Waals surface area contributed by atoms with Crippen LogP contribution in [-0.2, 0) is 6.54 Å². The fourth-order valence-electron chi connectivity index (χ4n) is 2.88. The fourth-order valence-corrected chi connectivity index (χ4v) is 2.88. The highest BCUT2D eigenvalue weighted by molar-refractivity contribution is 6.04. The van der Waals surface area contributed by atoms with Crippen molar-refractivity contribution in [3.05, 3.63) is 83.2 Å². The van der Waals surface area contributed by atoms with E-state index < -0.39 is 0 Å². The second kappa shape index (κ2) is 8.45. The van der Waals surface area contributed by atoms with Crippen molar-refractivity contribution in [2.24, 2.45) is 0 Å². The third-order valence-electron chi connectivity index (χ3n) is 4.41. The molecule has 0 bridgehead atoms. The molecule has 138 valence electrons. The number of anilines is 2. The highest BCUT2D eigenvalue weighted by Crippen LogP contribution is 2.17. The van der Waals surface area contributed by atoms with Crippen molar-refractivity contribution in [1.29, 1.82) is 0 Å². The maximum absolute atomic E-state index is 12.5. The number of nitrogens with zero attached hydrogens (tertiary/aromatic N) is 3. The maximum Gasteiger partial charge on any atom is 0.258 e. The van der Waals surface area contributed by atoms with Gasteiger partial charge in [-0.05, 0) is 38.0 Å². The second-order valence-electron chi connectivity index (χ2n) is 6.54. The van der Waals surface area contributed by atoms with Gasteiger partial charge in [0.15, 0.2) is 0 Å². The number of aryl methyl sites for hydroxylation is 2. The number of carbonyl (C=O) groups is 1. The number of nitrogens with one attached hydrogen (secondary N) is 1. The number of hydrogen-bond donors (Lipinski definition) is 1. The van der Waals surface area contributed by atoms with E-state index >= 15 is 0 Å².